The molecule has 3 heteroatoms. The predicted molar refractivity (Wildman–Crippen MR) is 74.8 cm³/mol. The SMILES string of the molecule is COc1cccc(CC(N)Cc2ccccc2F)c1. The van der Waals surface area contributed by atoms with E-state index in [-0.39, 0.29) is 11.9 Å². The van der Waals surface area contributed by atoms with E-state index in [2.05, 4.69) is 0 Å². The van der Waals surface area contributed by atoms with Crippen molar-refractivity contribution in [1.82, 2.24) is 0 Å². The highest BCUT2D eigenvalue weighted by atomic mass is 19.1. The van der Waals surface area contributed by atoms with Gasteiger partial charge in [0.2, 0.25) is 0 Å². The van der Waals surface area contributed by atoms with E-state index in [4.69, 9.17) is 10.5 Å². The molecule has 2 aromatic rings. The van der Waals surface area contributed by atoms with E-state index in [1.165, 1.54) is 6.07 Å². The molecule has 0 aliphatic heterocycles. The summed E-state index contributed by atoms with van der Waals surface area (Å²) in [5.74, 6) is 0.624. The number of methoxy groups -OCH3 is 1. The van der Waals surface area contributed by atoms with Crippen LogP contribution in [0.5, 0.6) is 5.75 Å². The lowest BCUT2D eigenvalue weighted by atomic mass is 9.99. The van der Waals surface area contributed by atoms with Gasteiger partial charge >= 0.3 is 0 Å². The Balaban J connectivity index is 2.01. The monoisotopic (exact) mass is 259 g/mol. The van der Waals surface area contributed by atoms with E-state index in [0.29, 0.717) is 18.4 Å². The minimum absolute atomic E-state index is 0.107. The molecular weight excluding hydrogens is 241 g/mol. The largest absolute Gasteiger partial charge is 0.497 e. The molecule has 0 heterocycles. The Morgan fingerprint density at radius 2 is 1.89 bits per heavy atom. The fourth-order valence-corrected chi connectivity index (χ4v) is 2.12. The number of hydrogen-bond acceptors (Lipinski definition) is 2. The summed E-state index contributed by atoms with van der Waals surface area (Å²) in [7, 11) is 1.64. The molecule has 2 aromatic carbocycles. The van der Waals surface area contributed by atoms with Crippen molar-refractivity contribution in [2.24, 2.45) is 5.73 Å². The summed E-state index contributed by atoms with van der Waals surface area (Å²) in [6, 6.07) is 14.4. The van der Waals surface area contributed by atoms with Gasteiger partial charge in [0.1, 0.15) is 11.6 Å². The van der Waals surface area contributed by atoms with Gasteiger partial charge in [0.15, 0.2) is 0 Å². The van der Waals surface area contributed by atoms with E-state index in [0.717, 1.165) is 11.3 Å². The van der Waals surface area contributed by atoms with Gasteiger partial charge in [-0.05, 0) is 42.2 Å². The van der Waals surface area contributed by atoms with Crippen molar-refractivity contribution in [3.8, 4) is 5.75 Å². The predicted octanol–water partition coefficient (Wildman–Crippen LogP) is 2.95. The van der Waals surface area contributed by atoms with E-state index in [9.17, 15) is 4.39 Å². The lowest BCUT2D eigenvalue weighted by molar-refractivity contribution is 0.414. The van der Waals surface area contributed by atoms with E-state index >= 15 is 0 Å². The first-order valence-electron chi connectivity index (χ1n) is 6.31. The number of halogens is 1. The third-order valence-corrected chi connectivity index (χ3v) is 3.07. The summed E-state index contributed by atoms with van der Waals surface area (Å²) < 4.78 is 18.7. The lowest BCUT2D eigenvalue weighted by Crippen LogP contribution is -2.26. The van der Waals surface area contributed by atoms with Crippen molar-refractivity contribution in [2.75, 3.05) is 7.11 Å². The van der Waals surface area contributed by atoms with Crippen LogP contribution in [0.4, 0.5) is 4.39 Å². The number of ether oxygens (including phenoxy) is 1. The summed E-state index contributed by atoms with van der Waals surface area (Å²) in [5, 5.41) is 0. The summed E-state index contributed by atoms with van der Waals surface area (Å²) in [4.78, 5) is 0. The summed E-state index contributed by atoms with van der Waals surface area (Å²) in [6.45, 7) is 0. The molecule has 2 rings (SSSR count). The second-order valence-electron chi connectivity index (χ2n) is 4.61. The number of hydrogen-bond donors (Lipinski definition) is 1. The topological polar surface area (TPSA) is 35.2 Å². The van der Waals surface area contributed by atoms with Crippen LogP contribution >= 0.6 is 0 Å². The van der Waals surface area contributed by atoms with Crippen LogP contribution < -0.4 is 10.5 Å². The van der Waals surface area contributed by atoms with E-state index in [1.54, 1.807) is 19.2 Å². The number of nitrogens with two attached hydrogens (primary N) is 1. The Labute approximate surface area is 113 Å². The maximum absolute atomic E-state index is 13.5. The zero-order chi connectivity index (χ0) is 13.7. The Hall–Kier alpha value is -1.87. The molecule has 0 saturated carbocycles. The van der Waals surface area contributed by atoms with Gasteiger partial charge in [-0.25, -0.2) is 4.39 Å². The quantitative estimate of drug-likeness (QED) is 0.896. The second kappa shape index (κ2) is 6.34. The standard InChI is InChI=1S/C16H18FNO/c1-19-15-7-4-5-12(10-15)9-14(18)11-13-6-2-3-8-16(13)17/h2-8,10,14H,9,11,18H2,1H3. The zero-order valence-corrected chi connectivity index (χ0v) is 11.0. The van der Waals surface area contributed by atoms with Crippen LogP contribution in [0, 0.1) is 5.82 Å². The van der Waals surface area contributed by atoms with Gasteiger partial charge in [-0.2, -0.15) is 0 Å². The molecule has 100 valence electrons. The lowest BCUT2D eigenvalue weighted by Gasteiger charge is -2.13. The van der Waals surface area contributed by atoms with Gasteiger partial charge in [0.25, 0.3) is 0 Å². The molecule has 1 atom stereocenters. The molecule has 0 radical (unpaired) electrons. The van der Waals surface area contributed by atoms with Crippen molar-refractivity contribution < 1.29 is 9.13 Å². The van der Waals surface area contributed by atoms with Crippen molar-refractivity contribution in [2.45, 2.75) is 18.9 Å². The minimum atomic E-state index is -0.191. The Morgan fingerprint density at radius 3 is 2.63 bits per heavy atom. The van der Waals surface area contributed by atoms with Crippen LogP contribution in [0.15, 0.2) is 48.5 Å². The van der Waals surface area contributed by atoms with Gasteiger partial charge < -0.3 is 10.5 Å². The average molecular weight is 259 g/mol. The van der Waals surface area contributed by atoms with Gasteiger partial charge in [-0.15, -0.1) is 0 Å². The van der Waals surface area contributed by atoms with Crippen molar-refractivity contribution >= 4 is 0 Å². The van der Waals surface area contributed by atoms with E-state index < -0.39 is 0 Å². The maximum atomic E-state index is 13.5. The third-order valence-electron chi connectivity index (χ3n) is 3.07. The molecule has 0 aliphatic carbocycles. The maximum Gasteiger partial charge on any atom is 0.126 e. The average Bonchev–Trinajstić information content (AvgIpc) is 2.41. The van der Waals surface area contributed by atoms with E-state index in [1.807, 2.05) is 30.3 Å². The van der Waals surface area contributed by atoms with Crippen LogP contribution in [0.3, 0.4) is 0 Å². The molecule has 19 heavy (non-hydrogen) atoms. The molecule has 0 bridgehead atoms. The minimum Gasteiger partial charge on any atom is -0.497 e. The molecule has 0 aromatic heterocycles. The first-order chi connectivity index (χ1) is 9.19. The Morgan fingerprint density at radius 1 is 1.11 bits per heavy atom. The Kier molecular flexibility index (Phi) is 4.53. The van der Waals surface area contributed by atoms with Crippen molar-refractivity contribution in [1.29, 1.82) is 0 Å². The van der Waals surface area contributed by atoms with Gasteiger partial charge in [-0.3, -0.25) is 0 Å². The van der Waals surface area contributed by atoms with Crippen molar-refractivity contribution in [3.63, 3.8) is 0 Å². The summed E-state index contributed by atoms with van der Waals surface area (Å²) >= 11 is 0. The fourth-order valence-electron chi connectivity index (χ4n) is 2.12. The highest BCUT2D eigenvalue weighted by Gasteiger charge is 2.09. The van der Waals surface area contributed by atoms with Gasteiger partial charge in [0, 0.05) is 6.04 Å². The van der Waals surface area contributed by atoms with Crippen LogP contribution in [-0.2, 0) is 12.8 Å². The molecule has 0 aliphatic rings. The molecule has 1 unspecified atom stereocenters. The summed E-state index contributed by atoms with van der Waals surface area (Å²) in [5.41, 5.74) is 7.86. The molecular formula is C16H18FNO. The molecule has 0 spiro atoms. The molecule has 2 N–H and O–H groups in total. The first kappa shape index (κ1) is 13.6. The van der Waals surface area contributed by atoms with Crippen molar-refractivity contribution in [3.05, 3.63) is 65.5 Å². The third kappa shape index (κ3) is 3.80. The van der Waals surface area contributed by atoms with Crippen LogP contribution in [0.1, 0.15) is 11.1 Å². The van der Waals surface area contributed by atoms with Gasteiger partial charge in [0.05, 0.1) is 7.11 Å². The molecule has 0 fully saturated rings. The van der Waals surface area contributed by atoms with Gasteiger partial charge in [-0.1, -0.05) is 30.3 Å². The highest BCUT2D eigenvalue weighted by molar-refractivity contribution is 5.29. The molecule has 0 amide bonds. The fraction of sp³-hybridized carbons (Fsp3) is 0.250. The van der Waals surface area contributed by atoms with Crippen LogP contribution in [0.25, 0.3) is 0 Å². The zero-order valence-electron chi connectivity index (χ0n) is 11.0. The summed E-state index contributed by atoms with van der Waals surface area (Å²) in [6.07, 6.45) is 1.23. The Bertz CT molecular complexity index is 542. The number of benzene rings is 2. The second-order valence-corrected chi connectivity index (χ2v) is 4.61. The smallest absolute Gasteiger partial charge is 0.126 e. The normalized spacial score (nSPS) is 12.2. The van der Waals surface area contributed by atoms with Crippen LogP contribution in [0.2, 0.25) is 0 Å². The number of rotatable bonds is 5. The first-order valence-corrected chi connectivity index (χ1v) is 6.31. The molecule has 0 saturated heterocycles. The van der Waals surface area contributed by atoms with Crippen LogP contribution in [-0.4, -0.2) is 13.2 Å². The molecule has 2 nitrogen and oxygen atoms in total. The highest BCUT2D eigenvalue weighted by Crippen LogP contribution is 2.15.